The molecule has 3 nitrogen and oxygen atoms in total. The third kappa shape index (κ3) is 2.83. The molecule has 19 heavy (non-hydrogen) atoms. The van der Waals surface area contributed by atoms with Crippen molar-refractivity contribution in [3.05, 3.63) is 33.0 Å². The summed E-state index contributed by atoms with van der Waals surface area (Å²) in [6.45, 7) is 5.07. The molecule has 1 aliphatic carbocycles. The van der Waals surface area contributed by atoms with Crippen molar-refractivity contribution in [2.45, 2.75) is 45.3 Å². The molecule has 0 saturated heterocycles. The lowest BCUT2D eigenvalue weighted by Crippen LogP contribution is -2.24. The summed E-state index contributed by atoms with van der Waals surface area (Å²) in [5.74, 6) is 0. The molecular formula is C14H19N3S2. The summed E-state index contributed by atoms with van der Waals surface area (Å²) >= 11 is 3.52. The summed E-state index contributed by atoms with van der Waals surface area (Å²) in [5.41, 5.74) is 8.48. The van der Waals surface area contributed by atoms with Gasteiger partial charge in [-0.25, -0.2) is 4.98 Å². The second kappa shape index (κ2) is 5.23. The molecule has 0 bridgehead atoms. The Morgan fingerprint density at radius 1 is 1.53 bits per heavy atom. The number of aromatic nitrogens is 1. The Labute approximate surface area is 122 Å². The van der Waals surface area contributed by atoms with Crippen LogP contribution in [0.1, 0.15) is 41.9 Å². The summed E-state index contributed by atoms with van der Waals surface area (Å²) in [5, 5.41) is 5.50. The van der Waals surface area contributed by atoms with E-state index in [1.807, 2.05) is 6.92 Å². The summed E-state index contributed by atoms with van der Waals surface area (Å²) < 4.78 is 0. The molecule has 1 atom stereocenters. The second-order valence-electron chi connectivity index (χ2n) is 5.23. The fourth-order valence-electron chi connectivity index (χ4n) is 2.26. The van der Waals surface area contributed by atoms with Crippen LogP contribution in [0.2, 0.25) is 0 Å². The highest BCUT2D eigenvalue weighted by atomic mass is 32.1. The van der Waals surface area contributed by atoms with Gasteiger partial charge < -0.3 is 10.6 Å². The monoisotopic (exact) mass is 293 g/mol. The van der Waals surface area contributed by atoms with Crippen LogP contribution in [0, 0.1) is 6.92 Å². The highest BCUT2D eigenvalue weighted by Crippen LogP contribution is 2.37. The van der Waals surface area contributed by atoms with Crippen molar-refractivity contribution in [1.82, 2.24) is 4.98 Å². The van der Waals surface area contributed by atoms with E-state index >= 15 is 0 Å². The van der Waals surface area contributed by atoms with Crippen LogP contribution in [-0.2, 0) is 6.54 Å². The lowest BCUT2D eigenvalue weighted by atomic mass is 10.2. The Morgan fingerprint density at radius 3 is 2.84 bits per heavy atom. The van der Waals surface area contributed by atoms with Crippen LogP contribution in [0.4, 0.5) is 5.13 Å². The number of hydrogen-bond donors (Lipinski definition) is 1. The molecule has 1 unspecified atom stereocenters. The number of thiazole rings is 1. The molecule has 0 aromatic carbocycles. The fraction of sp³-hybridized carbons (Fsp3) is 0.500. The molecule has 5 heteroatoms. The minimum atomic E-state index is 0.0773. The van der Waals surface area contributed by atoms with Crippen LogP contribution < -0.4 is 10.6 Å². The predicted octanol–water partition coefficient (Wildman–Crippen LogP) is 3.70. The number of nitrogens with two attached hydrogens (primary N) is 1. The average Bonchev–Trinajstić information content (AvgIpc) is 2.93. The van der Waals surface area contributed by atoms with Crippen molar-refractivity contribution in [3.63, 3.8) is 0 Å². The smallest absolute Gasteiger partial charge is 0.186 e. The molecule has 0 spiro atoms. The molecule has 2 aromatic rings. The minimum Gasteiger partial charge on any atom is -0.341 e. The van der Waals surface area contributed by atoms with Gasteiger partial charge >= 0.3 is 0 Å². The van der Waals surface area contributed by atoms with E-state index in [1.54, 1.807) is 22.7 Å². The molecule has 1 fully saturated rings. The maximum absolute atomic E-state index is 6.01. The van der Waals surface area contributed by atoms with Gasteiger partial charge in [0.05, 0.1) is 5.69 Å². The van der Waals surface area contributed by atoms with Gasteiger partial charge in [-0.2, -0.15) is 11.3 Å². The molecule has 0 amide bonds. The van der Waals surface area contributed by atoms with E-state index in [1.165, 1.54) is 23.3 Å². The molecule has 0 aliphatic heterocycles. The van der Waals surface area contributed by atoms with Crippen LogP contribution in [0.15, 0.2) is 16.8 Å². The average molecular weight is 293 g/mol. The summed E-state index contributed by atoms with van der Waals surface area (Å²) in [7, 11) is 0. The molecule has 2 aromatic heterocycles. The van der Waals surface area contributed by atoms with E-state index in [9.17, 15) is 0 Å². The first-order valence-electron chi connectivity index (χ1n) is 6.65. The van der Waals surface area contributed by atoms with E-state index in [2.05, 4.69) is 28.7 Å². The predicted molar refractivity (Wildman–Crippen MR) is 83.0 cm³/mol. The van der Waals surface area contributed by atoms with E-state index in [0.717, 1.165) is 17.4 Å². The van der Waals surface area contributed by atoms with Gasteiger partial charge in [0.15, 0.2) is 5.13 Å². The number of aryl methyl sites for hydroxylation is 1. The number of rotatable bonds is 5. The number of anilines is 1. The standard InChI is InChI=1S/C14H19N3S2/c1-9(15)13-10(2)16-14(19-13)17(12-3-4-12)7-11-5-6-18-8-11/h5-6,8-9,12H,3-4,7,15H2,1-2H3. The van der Waals surface area contributed by atoms with Crippen LogP contribution in [-0.4, -0.2) is 11.0 Å². The fourth-order valence-corrected chi connectivity index (χ4v) is 4.01. The van der Waals surface area contributed by atoms with Crippen molar-refractivity contribution in [3.8, 4) is 0 Å². The van der Waals surface area contributed by atoms with E-state index < -0.39 is 0 Å². The van der Waals surface area contributed by atoms with Gasteiger partial charge in [-0.15, -0.1) is 11.3 Å². The zero-order valence-electron chi connectivity index (χ0n) is 11.3. The largest absolute Gasteiger partial charge is 0.341 e. The summed E-state index contributed by atoms with van der Waals surface area (Å²) in [6, 6.07) is 2.95. The topological polar surface area (TPSA) is 42.2 Å². The van der Waals surface area contributed by atoms with Gasteiger partial charge in [-0.1, -0.05) is 0 Å². The molecule has 0 radical (unpaired) electrons. The van der Waals surface area contributed by atoms with Crippen LogP contribution in [0.25, 0.3) is 0 Å². The van der Waals surface area contributed by atoms with Gasteiger partial charge in [0, 0.05) is 23.5 Å². The molecule has 102 valence electrons. The zero-order valence-corrected chi connectivity index (χ0v) is 12.9. The molecular weight excluding hydrogens is 274 g/mol. The Hall–Kier alpha value is -0.910. The van der Waals surface area contributed by atoms with Gasteiger partial charge in [-0.3, -0.25) is 0 Å². The summed E-state index contributed by atoms with van der Waals surface area (Å²) in [4.78, 5) is 8.41. The number of hydrogen-bond acceptors (Lipinski definition) is 5. The molecule has 2 N–H and O–H groups in total. The van der Waals surface area contributed by atoms with Crippen molar-refractivity contribution in [2.75, 3.05) is 4.90 Å². The van der Waals surface area contributed by atoms with Crippen molar-refractivity contribution < 1.29 is 0 Å². The zero-order chi connectivity index (χ0) is 13.4. The van der Waals surface area contributed by atoms with Gasteiger partial charge in [0.2, 0.25) is 0 Å². The van der Waals surface area contributed by atoms with Gasteiger partial charge in [0.1, 0.15) is 0 Å². The summed E-state index contributed by atoms with van der Waals surface area (Å²) in [6.07, 6.45) is 2.58. The number of thiophene rings is 1. The van der Waals surface area contributed by atoms with Gasteiger partial charge in [0.25, 0.3) is 0 Å². The molecule has 3 rings (SSSR count). The third-order valence-corrected chi connectivity index (χ3v) is 5.53. The van der Waals surface area contributed by atoms with Crippen LogP contribution in [0.5, 0.6) is 0 Å². The van der Waals surface area contributed by atoms with Crippen molar-refractivity contribution in [1.29, 1.82) is 0 Å². The Balaban J connectivity index is 1.85. The molecule has 1 aliphatic rings. The highest BCUT2D eigenvalue weighted by molar-refractivity contribution is 7.15. The first-order chi connectivity index (χ1) is 9.15. The van der Waals surface area contributed by atoms with Crippen LogP contribution >= 0.6 is 22.7 Å². The van der Waals surface area contributed by atoms with Crippen molar-refractivity contribution in [2.24, 2.45) is 5.73 Å². The molecule has 1 saturated carbocycles. The maximum atomic E-state index is 6.01. The third-order valence-electron chi connectivity index (χ3n) is 3.40. The highest BCUT2D eigenvalue weighted by Gasteiger charge is 2.31. The molecule has 2 heterocycles. The second-order valence-corrected chi connectivity index (χ2v) is 7.01. The van der Waals surface area contributed by atoms with Crippen LogP contribution in [0.3, 0.4) is 0 Å². The van der Waals surface area contributed by atoms with E-state index in [4.69, 9.17) is 10.7 Å². The minimum absolute atomic E-state index is 0.0773. The SMILES string of the molecule is Cc1nc(N(Cc2ccsc2)C2CC2)sc1C(C)N. The number of nitrogens with zero attached hydrogens (tertiary/aromatic N) is 2. The normalized spacial score (nSPS) is 16.6. The quantitative estimate of drug-likeness (QED) is 0.914. The maximum Gasteiger partial charge on any atom is 0.186 e. The lowest BCUT2D eigenvalue weighted by Gasteiger charge is -2.20. The first-order valence-corrected chi connectivity index (χ1v) is 8.41. The Bertz CT molecular complexity index is 541. The first kappa shape index (κ1) is 13.1. The Kier molecular flexibility index (Phi) is 3.60. The lowest BCUT2D eigenvalue weighted by molar-refractivity contribution is 0.788. The van der Waals surface area contributed by atoms with E-state index in [-0.39, 0.29) is 6.04 Å². The van der Waals surface area contributed by atoms with E-state index in [0.29, 0.717) is 6.04 Å². The Morgan fingerprint density at radius 2 is 2.32 bits per heavy atom. The van der Waals surface area contributed by atoms with Crippen molar-refractivity contribution >= 4 is 27.8 Å². The van der Waals surface area contributed by atoms with Gasteiger partial charge in [-0.05, 0) is 49.1 Å².